The van der Waals surface area contributed by atoms with Gasteiger partial charge < -0.3 is 9.32 Å². The summed E-state index contributed by atoms with van der Waals surface area (Å²) < 4.78 is 46.3. The van der Waals surface area contributed by atoms with E-state index in [0.717, 1.165) is 60.5 Å². The number of hydrogen-bond acceptors (Lipinski definition) is 2. The first-order chi connectivity index (χ1) is 30.7. The lowest BCUT2D eigenvalue weighted by Crippen LogP contribution is -2.16. The van der Waals surface area contributed by atoms with Gasteiger partial charge in [-0.2, -0.15) is 0 Å². The van der Waals surface area contributed by atoms with Crippen LogP contribution in [0.25, 0.3) is 87.6 Å². The third-order valence-corrected chi connectivity index (χ3v) is 12.5. The van der Waals surface area contributed by atoms with Gasteiger partial charge in [-0.15, -0.1) is 0 Å². The van der Waals surface area contributed by atoms with Crippen molar-refractivity contribution < 1.29 is 9.90 Å². The van der Waals surface area contributed by atoms with Crippen molar-refractivity contribution >= 4 is 71.3 Å². The molecule has 1 aliphatic rings. The fourth-order valence-corrected chi connectivity index (χ4v) is 9.69. The normalized spacial score (nSPS) is 14.0. The summed E-state index contributed by atoms with van der Waals surface area (Å²) in [6.07, 6.45) is 0. The van der Waals surface area contributed by atoms with Crippen LogP contribution in [0, 0.1) is 0 Å². The Labute approximate surface area is 348 Å². The summed E-state index contributed by atoms with van der Waals surface area (Å²) in [6, 6.07) is 59.8. The van der Waals surface area contributed by atoms with Gasteiger partial charge in [0.05, 0.1) is 22.2 Å². The second-order valence-electron chi connectivity index (χ2n) is 16.1. The van der Waals surface area contributed by atoms with E-state index in [1.54, 1.807) is 12.1 Å². The first-order valence-electron chi connectivity index (χ1n) is 22.2. The Morgan fingerprint density at radius 3 is 1.80 bits per heavy atom. The summed E-state index contributed by atoms with van der Waals surface area (Å²) in [5.74, 6) is 0. The number of hydrogen-bond donors (Lipinski definition) is 0. The Morgan fingerprint density at radius 2 is 1.02 bits per heavy atom. The van der Waals surface area contributed by atoms with Crippen LogP contribution < -0.4 is 4.90 Å². The molecule has 59 heavy (non-hydrogen) atoms. The van der Waals surface area contributed by atoms with E-state index >= 15 is 0 Å². The van der Waals surface area contributed by atoms with Crippen molar-refractivity contribution in [1.29, 1.82) is 0 Å². The fourth-order valence-electron chi connectivity index (χ4n) is 9.69. The van der Waals surface area contributed by atoms with Gasteiger partial charge in [0.25, 0.3) is 0 Å². The molecule has 278 valence electrons. The maximum absolute atomic E-state index is 10.3. The zero-order chi connectivity index (χ0) is 42.7. The van der Waals surface area contributed by atoms with Gasteiger partial charge in [-0.05, 0) is 120 Å². The summed E-state index contributed by atoms with van der Waals surface area (Å²) in [4.78, 5) is 1.88. The minimum Gasteiger partial charge on any atom is -0.456 e. The molecule has 10 aromatic carbocycles. The highest BCUT2D eigenvalue weighted by atomic mass is 16.3. The van der Waals surface area contributed by atoms with Crippen LogP contribution in [-0.2, 0) is 5.41 Å². The molecule has 0 bridgehead atoms. The third-order valence-electron chi connectivity index (χ3n) is 12.5. The van der Waals surface area contributed by atoms with Crippen LogP contribution in [0.5, 0.6) is 0 Å². The lowest BCUT2D eigenvalue weighted by molar-refractivity contribution is 0.660. The van der Waals surface area contributed by atoms with Gasteiger partial charge >= 0.3 is 0 Å². The number of rotatable bonds is 5. The third kappa shape index (κ3) is 5.06. The lowest BCUT2D eigenvalue weighted by Gasteiger charge is -2.29. The quantitative estimate of drug-likeness (QED) is 0.163. The van der Waals surface area contributed by atoms with Crippen molar-refractivity contribution in [2.24, 2.45) is 0 Å². The van der Waals surface area contributed by atoms with Crippen LogP contribution in [0.2, 0.25) is 0 Å². The van der Waals surface area contributed by atoms with Gasteiger partial charge in [0.1, 0.15) is 11.2 Å². The Morgan fingerprint density at radius 1 is 0.441 bits per heavy atom. The lowest BCUT2D eigenvalue weighted by atomic mass is 9.82. The average molecular weight is 758 g/mol. The van der Waals surface area contributed by atoms with Gasteiger partial charge in [0.15, 0.2) is 0 Å². The topological polar surface area (TPSA) is 16.4 Å². The van der Waals surface area contributed by atoms with Gasteiger partial charge in [-0.3, -0.25) is 0 Å². The van der Waals surface area contributed by atoms with Gasteiger partial charge in [-0.25, -0.2) is 0 Å². The maximum atomic E-state index is 10.3. The zero-order valence-corrected chi connectivity index (χ0v) is 32.6. The average Bonchev–Trinajstić information content (AvgIpc) is 3.79. The zero-order valence-electron chi connectivity index (χ0n) is 36.6. The Balaban J connectivity index is 1.17. The van der Waals surface area contributed by atoms with Crippen LogP contribution in [-0.4, -0.2) is 0 Å². The van der Waals surface area contributed by atoms with E-state index in [1.165, 1.54) is 16.2 Å². The molecule has 0 aliphatic heterocycles. The number of furan rings is 1. The number of benzene rings is 10. The van der Waals surface area contributed by atoms with E-state index < -0.39 is 0 Å². The van der Waals surface area contributed by atoms with Gasteiger partial charge in [-0.1, -0.05) is 166 Å². The van der Waals surface area contributed by atoms with Crippen LogP contribution in [0.15, 0.2) is 205 Å². The molecule has 0 saturated heterocycles. The Bertz CT molecular complexity index is 3680. The molecule has 2 heteroatoms. The first-order valence-corrected chi connectivity index (χ1v) is 20.2. The maximum Gasteiger partial charge on any atom is 0.137 e. The van der Waals surface area contributed by atoms with Gasteiger partial charge in [0.2, 0.25) is 0 Å². The molecule has 12 rings (SSSR count). The molecular formula is C57H39NO. The summed E-state index contributed by atoms with van der Waals surface area (Å²) in [5, 5.41) is 8.37. The highest BCUT2D eigenvalue weighted by Crippen LogP contribution is 2.55. The minimum atomic E-state index is -0.389. The molecule has 2 nitrogen and oxygen atoms in total. The number of anilines is 3. The van der Waals surface area contributed by atoms with Crippen molar-refractivity contribution in [1.82, 2.24) is 0 Å². The molecule has 1 heterocycles. The smallest absolute Gasteiger partial charge is 0.137 e. The predicted octanol–water partition coefficient (Wildman–Crippen LogP) is 16.2. The van der Waals surface area contributed by atoms with Crippen molar-refractivity contribution in [2.75, 3.05) is 4.90 Å². The monoisotopic (exact) mass is 757 g/mol. The second-order valence-corrected chi connectivity index (χ2v) is 16.1. The highest BCUT2D eigenvalue weighted by molar-refractivity contribution is 6.26. The van der Waals surface area contributed by atoms with E-state index in [0.29, 0.717) is 33.5 Å². The summed E-state index contributed by atoms with van der Waals surface area (Å²) in [6.45, 7) is 4.41. The van der Waals surface area contributed by atoms with Crippen molar-refractivity contribution in [2.45, 2.75) is 19.3 Å². The number of fused-ring (bicyclic) bond motifs is 12. The van der Waals surface area contributed by atoms with Crippen LogP contribution in [0.3, 0.4) is 0 Å². The van der Waals surface area contributed by atoms with Crippen molar-refractivity contribution in [3.8, 4) is 33.4 Å². The van der Waals surface area contributed by atoms with Crippen LogP contribution in [0.4, 0.5) is 17.1 Å². The summed E-state index contributed by atoms with van der Waals surface area (Å²) in [7, 11) is 0. The molecule has 0 saturated carbocycles. The first kappa shape index (κ1) is 29.8. The largest absolute Gasteiger partial charge is 0.456 e. The van der Waals surface area contributed by atoms with E-state index in [-0.39, 0.29) is 35.3 Å². The molecule has 0 radical (unpaired) electrons. The summed E-state index contributed by atoms with van der Waals surface area (Å²) in [5.41, 5.74) is 9.73. The van der Waals surface area contributed by atoms with E-state index in [4.69, 9.17) is 4.42 Å². The summed E-state index contributed by atoms with van der Waals surface area (Å²) >= 11 is 0. The standard InChI is InChI=1S/C57H39NO/c1-57(2)49-24-11-10-23-46(49)55-50(57)25-13-26-51(55)58(52-27-14-28-53-56(52)47-32-30-39(35-54(47)59-53)36-15-4-3-5-16-36)40-18-12-17-37(33-40)38-29-31-45-43-21-7-6-19-41(43)42-20-8-9-22-44(42)48(45)34-38/h3-35H,1-2H3/i18D,26D,27D,33D. The number of nitrogens with zero attached hydrogens (tertiary/aromatic N) is 1. The highest BCUT2D eigenvalue weighted by Gasteiger charge is 2.38. The van der Waals surface area contributed by atoms with E-state index in [9.17, 15) is 5.48 Å². The predicted molar refractivity (Wildman–Crippen MR) is 249 cm³/mol. The van der Waals surface area contributed by atoms with Crippen molar-refractivity contribution in [3.05, 3.63) is 211 Å². The Kier molecular flexibility index (Phi) is 6.46. The van der Waals surface area contributed by atoms with E-state index in [2.05, 4.69) is 117 Å². The molecule has 0 unspecified atom stereocenters. The van der Waals surface area contributed by atoms with Crippen molar-refractivity contribution in [3.63, 3.8) is 0 Å². The molecule has 0 spiro atoms. The molecular weight excluding hydrogens is 715 g/mol. The van der Waals surface area contributed by atoms with Crippen LogP contribution >= 0.6 is 0 Å². The molecule has 1 aromatic heterocycles. The molecule has 0 fully saturated rings. The second kappa shape index (κ2) is 12.8. The molecule has 0 amide bonds. The molecule has 0 atom stereocenters. The molecule has 11 aromatic rings. The van der Waals surface area contributed by atoms with Gasteiger partial charge in [0, 0.05) is 22.1 Å². The fraction of sp³-hybridized carbons (Fsp3) is 0.0526. The molecule has 0 N–H and O–H groups in total. The SMILES string of the molecule is [2H]c1ccc(-c2ccc3c4ccccc4c4ccccc4c3c2)c([2H])c1N(c1c([2H])ccc2c1-c1ccccc1C2(C)C)c1c([2H])ccc2oc3cc(-c4ccccc4)ccc3c12. The van der Waals surface area contributed by atoms with E-state index in [1.807, 2.05) is 65.6 Å². The van der Waals surface area contributed by atoms with Crippen LogP contribution in [0.1, 0.15) is 30.5 Å². The molecule has 1 aliphatic carbocycles. The Hall–Kier alpha value is -7.42. The minimum absolute atomic E-state index is 0.110.